The van der Waals surface area contributed by atoms with Gasteiger partial charge in [0.05, 0.1) is 30.1 Å². The highest BCUT2D eigenvalue weighted by atomic mass is 32.2. The van der Waals surface area contributed by atoms with Gasteiger partial charge in [0, 0.05) is 12.5 Å². The third-order valence-corrected chi connectivity index (χ3v) is 6.56. The number of methoxy groups -OCH3 is 2. The minimum atomic E-state index is -0.506. The zero-order valence-corrected chi connectivity index (χ0v) is 16.3. The second-order valence-electron chi connectivity index (χ2n) is 5.86. The Hall–Kier alpha value is -2.58. The lowest BCUT2D eigenvalue weighted by Crippen LogP contribution is -2.31. The average molecular weight is 400 g/mol. The van der Waals surface area contributed by atoms with E-state index in [9.17, 15) is 9.59 Å². The van der Waals surface area contributed by atoms with E-state index in [0.717, 1.165) is 14.6 Å². The van der Waals surface area contributed by atoms with Crippen LogP contribution in [0.5, 0.6) is 11.5 Å². The van der Waals surface area contributed by atoms with Crippen LogP contribution in [-0.4, -0.2) is 36.3 Å². The summed E-state index contributed by atoms with van der Waals surface area (Å²) in [5.74, 6) is 0.470. The number of carbonyl (C=O) groups is 2. The van der Waals surface area contributed by atoms with Crippen molar-refractivity contribution in [1.29, 1.82) is 0 Å². The third kappa shape index (κ3) is 3.26. The molecule has 2 amide bonds. The van der Waals surface area contributed by atoms with Crippen LogP contribution >= 0.6 is 23.1 Å². The predicted molar refractivity (Wildman–Crippen MR) is 106 cm³/mol. The average Bonchev–Trinajstić information content (AvgIpc) is 3.21. The van der Waals surface area contributed by atoms with E-state index in [2.05, 4.69) is 4.98 Å². The summed E-state index contributed by atoms with van der Waals surface area (Å²) in [4.78, 5) is 31.3. The van der Waals surface area contributed by atoms with Crippen LogP contribution in [-0.2, 0) is 9.59 Å². The first-order valence-electron chi connectivity index (χ1n) is 8.21. The van der Waals surface area contributed by atoms with Gasteiger partial charge in [0.25, 0.3) is 0 Å². The molecule has 0 spiro atoms. The summed E-state index contributed by atoms with van der Waals surface area (Å²) < 4.78 is 12.4. The van der Waals surface area contributed by atoms with Crippen LogP contribution in [0.4, 0.5) is 5.69 Å². The molecule has 0 saturated carbocycles. The number of rotatable bonds is 5. The first kappa shape index (κ1) is 17.8. The van der Waals surface area contributed by atoms with Gasteiger partial charge in [-0.3, -0.25) is 9.59 Å². The fourth-order valence-corrected chi connectivity index (χ4v) is 5.28. The molecule has 1 aromatic heterocycles. The molecule has 4 rings (SSSR count). The number of ether oxygens (including phenoxy) is 2. The SMILES string of the molecule is COc1ccc(OC)c(N2C(=O)CC(Sc3nc4ccccc4s3)C2=O)c1. The number of carbonyl (C=O) groups excluding carboxylic acids is 2. The number of thioether (sulfide) groups is 1. The second kappa shape index (κ2) is 7.21. The molecule has 0 aliphatic carbocycles. The number of imide groups is 1. The Morgan fingerprint density at radius 1 is 1.15 bits per heavy atom. The van der Waals surface area contributed by atoms with Gasteiger partial charge >= 0.3 is 0 Å². The smallest absolute Gasteiger partial charge is 0.247 e. The number of para-hydroxylation sites is 1. The molecule has 6 nitrogen and oxygen atoms in total. The number of hydrogen-bond donors (Lipinski definition) is 0. The molecule has 2 heterocycles. The fourth-order valence-electron chi connectivity index (χ4n) is 2.94. The highest BCUT2D eigenvalue weighted by molar-refractivity contribution is 8.02. The number of benzene rings is 2. The van der Waals surface area contributed by atoms with E-state index in [0.29, 0.717) is 17.2 Å². The summed E-state index contributed by atoms with van der Waals surface area (Å²) in [5, 5.41) is -0.506. The van der Waals surface area contributed by atoms with Crippen molar-refractivity contribution in [2.24, 2.45) is 0 Å². The maximum Gasteiger partial charge on any atom is 0.247 e. The first-order valence-corrected chi connectivity index (χ1v) is 9.91. The van der Waals surface area contributed by atoms with E-state index in [1.807, 2.05) is 24.3 Å². The minimum absolute atomic E-state index is 0.125. The van der Waals surface area contributed by atoms with Crippen LogP contribution in [0, 0.1) is 0 Å². The van der Waals surface area contributed by atoms with Gasteiger partial charge in [0.15, 0.2) is 4.34 Å². The predicted octanol–water partition coefficient (Wildman–Crippen LogP) is 3.74. The van der Waals surface area contributed by atoms with Crippen LogP contribution < -0.4 is 14.4 Å². The van der Waals surface area contributed by atoms with Crippen molar-refractivity contribution in [3.8, 4) is 11.5 Å². The number of nitrogens with zero attached hydrogens (tertiary/aromatic N) is 2. The maximum absolute atomic E-state index is 13.0. The van der Waals surface area contributed by atoms with Gasteiger partial charge in [-0.15, -0.1) is 11.3 Å². The number of hydrogen-bond acceptors (Lipinski definition) is 7. The van der Waals surface area contributed by atoms with Gasteiger partial charge in [-0.25, -0.2) is 9.88 Å². The molecule has 27 heavy (non-hydrogen) atoms. The van der Waals surface area contributed by atoms with Gasteiger partial charge in [0.2, 0.25) is 11.8 Å². The number of aromatic nitrogens is 1. The van der Waals surface area contributed by atoms with Crippen LogP contribution in [0.3, 0.4) is 0 Å². The lowest BCUT2D eigenvalue weighted by atomic mass is 10.2. The van der Waals surface area contributed by atoms with Crippen molar-refractivity contribution in [1.82, 2.24) is 4.98 Å². The largest absolute Gasteiger partial charge is 0.497 e. The monoisotopic (exact) mass is 400 g/mol. The van der Waals surface area contributed by atoms with E-state index >= 15 is 0 Å². The van der Waals surface area contributed by atoms with E-state index in [4.69, 9.17) is 9.47 Å². The number of thiazole rings is 1. The molecule has 0 radical (unpaired) electrons. The number of amides is 2. The molecule has 0 N–H and O–H groups in total. The number of fused-ring (bicyclic) bond motifs is 1. The third-order valence-electron chi connectivity index (χ3n) is 4.25. The summed E-state index contributed by atoms with van der Waals surface area (Å²) >= 11 is 2.86. The highest BCUT2D eigenvalue weighted by Gasteiger charge is 2.42. The summed E-state index contributed by atoms with van der Waals surface area (Å²) in [7, 11) is 3.04. The van der Waals surface area contributed by atoms with Crippen molar-refractivity contribution in [2.75, 3.05) is 19.1 Å². The molecule has 1 atom stereocenters. The van der Waals surface area contributed by atoms with E-state index in [1.165, 1.54) is 42.2 Å². The van der Waals surface area contributed by atoms with Crippen LogP contribution in [0.15, 0.2) is 46.8 Å². The molecule has 8 heteroatoms. The maximum atomic E-state index is 13.0. The quantitative estimate of drug-likeness (QED) is 0.608. The van der Waals surface area contributed by atoms with Crippen LogP contribution in [0.2, 0.25) is 0 Å². The molecular formula is C19H16N2O4S2. The van der Waals surface area contributed by atoms with E-state index < -0.39 is 5.25 Å². The number of anilines is 1. The summed E-state index contributed by atoms with van der Waals surface area (Å²) in [6, 6.07) is 12.9. The summed E-state index contributed by atoms with van der Waals surface area (Å²) in [6.45, 7) is 0. The van der Waals surface area contributed by atoms with Crippen LogP contribution in [0.25, 0.3) is 10.2 Å². The molecule has 1 saturated heterocycles. The Labute approximate surface area is 164 Å². The molecule has 2 aromatic carbocycles. The standard InChI is InChI=1S/C19H16N2O4S2/c1-24-11-7-8-14(25-2)13(9-11)21-17(22)10-16(18(21)23)27-19-20-12-5-3-4-6-15(12)26-19/h3-9,16H,10H2,1-2H3. The Morgan fingerprint density at radius 2 is 1.96 bits per heavy atom. The topological polar surface area (TPSA) is 68.7 Å². The minimum Gasteiger partial charge on any atom is -0.497 e. The van der Waals surface area contributed by atoms with Crippen molar-refractivity contribution in [3.05, 3.63) is 42.5 Å². The van der Waals surface area contributed by atoms with Gasteiger partial charge in [-0.2, -0.15) is 0 Å². The van der Waals surface area contributed by atoms with Crippen molar-refractivity contribution in [2.45, 2.75) is 16.0 Å². The molecule has 1 aliphatic heterocycles. The first-order chi connectivity index (χ1) is 13.1. The van der Waals surface area contributed by atoms with Gasteiger partial charge in [0.1, 0.15) is 16.7 Å². The van der Waals surface area contributed by atoms with Crippen LogP contribution in [0.1, 0.15) is 6.42 Å². The normalized spacial score (nSPS) is 17.0. The van der Waals surface area contributed by atoms with Crippen molar-refractivity contribution in [3.63, 3.8) is 0 Å². The second-order valence-corrected chi connectivity index (χ2v) is 8.34. The van der Waals surface area contributed by atoms with E-state index in [-0.39, 0.29) is 18.2 Å². The lowest BCUT2D eigenvalue weighted by Gasteiger charge is -2.18. The zero-order valence-electron chi connectivity index (χ0n) is 14.7. The van der Waals surface area contributed by atoms with Crippen molar-refractivity contribution < 1.29 is 19.1 Å². The Bertz CT molecular complexity index is 1000. The Balaban J connectivity index is 1.62. The molecule has 3 aromatic rings. The molecule has 1 unspecified atom stereocenters. The summed E-state index contributed by atoms with van der Waals surface area (Å²) in [6.07, 6.45) is 0.125. The molecule has 138 valence electrons. The van der Waals surface area contributed by atoms with Gasteiger partial charge in [-0.05, 0) is 24.3 Å². The Morgan fingerprint density at radius 3 is 2.70 bits per heavy atom. The molecule has 0 bridgehead atoms. The molecule has 1 fully saturated rings. The van der Waals surface area contributed by atoms with Gasteiger partial charge < -0.3 is 9.47 Å². The zero-order chi connectivity index (χ0) is 19.0. The van der Waals surface area contributed by atoms with Gasteiger partial charge in [-0.1, -0.05) is 23.9 Å². The fraction of sp³-hybridized carbons (Fsp3) is 0.211. The highest BCUT2D eigenvalue weighted by Crippen LogP contribution is 2.40. The van der Waals surface area contributed by atoms with E-state index in [1.54, 1.807) is 18.2 Å². The van der Waals surface area contributed by atoms with Crippen molar-refractivity contribution >= 4 is 50.8 Å². The molecular weight excluding hydrogens is 384 g/mol. The summed E-state index contributed by atoms with van der Waals surface area (Å²) in [5.41, 5.74) is 1.30. The lowest BCUT2D eigenvalue weighted by molar-refractivity contribution is -0.121. The Kier molecular flexibility index (Phi) is 4.75. The molecule has 1 aliphatic rings.